The maximum Gasteiger partial charge on any atom is 0.119 e. The lowest BCUT2D eigenvalue weighted by Gasteiger charge is -2.14. The van der Waals surface area contributed by atoms with Crippen LogP contribution in [-0.4, -0.2) is 11.5 Å². The summed E-state index contributed by atoms with van der Waals surface area (Å²) in [6.07, 6.45) is 2.70. The van der Waals surface area contributed by atoms with Crippen LogP contribution < -0.4 is 10.5 Å². The lowest BCUT2D eigenvalue weighted by atomic mass is 9.96. The van der Waals surface area contributed by atoms with Crippen molar-refractivity contribution in [3.8, 4) is 5.75 Å². The number of rotatable bonds is 7. The van der Waals surface area contributed by atoms with Gasteiger partial charge in [0.25, 0.3) is 0 Å². The van der Waals surface area contributed by atoms with E-state index >= 15 is 0 Å². The third-order valence-electron chi connectivity index (χ3n) is 4.32. The van der Waals surface area contributed by atoms with Crippen LogP contribution in [0, 0.1) is 6.92 Å². The topological polar surface area (TPSA) is 48.1 Å². The molecule has 0 aliphatic heterocycles. The molecule has 0 radical (unpaired) electrons. The Hall–Kier alpha value is -2.65. The van der Waals surface area contributed by atoms with Crippen molar-refractivity contribution in [1.82, 2.24) is 4.98 Å². The summed E-state index contributed by atoms with van der Waals surface area (Å²) in [5.74, 6) is 1.12. The number of ether oxygens (including phenoxy) is 1. The molecule has 0 fully saturated rings. The number of nitrogens with two attached hydrogens (primary N) is 1. The summed E-state index contributed by atoms with van der Waals surface area (Å²) in [5, 5.41) is 0. The normalized spacial score (nSPS) is 11.9. The van der Waals surface area contributed by atoms with E-state index in [4.69, 9.17) is 10.5 Å². The number of hydrogen-bond acceptors (Lipinski definition) is 3. The first-order chi connectivity index (χ1) is 12.2. The van der Waals surface area contributed by atoms with Gasteiger partial charge in [-0.3, -0.25) is 4.98 Å². The second-order valence-corrected chi connectivity index (χ2v) is 6.31. The van der Waals surface area contributed by atoms with Gasteiger partial charge in [-0.2, -0.15) is 0 Å². The van der Waals surface area contributed by atoms with Gasteiger partial charge in [0.2, 0.25) is 0 Å². The summed E-state index contributed by atoms with van der Waals surface area (Å²) in [5.41, 5.74) is 10.7. The fraction of sp³-hybridized carbons (Fsp3) is 0.227. The van der Waals surface area contributed by atoms with Crippen molar-refractivity contribution in [2.24, 2.45) is 5.73 Å². The molecule has 1 aromatic heterocycles. The molecular formula is C22H24N2O. The molecule has 0 spiro atoms. The molecule has 0 saturated heterocycles. The highest BCUT2D eigenvalue weighted by molar-refractivity contribution is 5.29. The van der Waals surface area contributed by atoms with Gasteiger partial charge in [0.05, 0.1) is 0 Å². The third kappa shape index (κ3) is 4.91. The maximum absolute atomic E-state index is 5.94. The zero-order valence-electron chi connectivity index (χ0n) is 14.6. The van der Waals surface area contributed by atoms with Crippen LogP contribution in [0.15, 0.2) is 72.9 Å². The van der Waals surface area contributed by atoms with Crippen LogP contribution in [0.4, 0.5) is 0 Å². The zero-order valence-corrected chi connectivity index (χ0v) is 14.6. The molecule has 1 heterocycles. The molecule has 1 atom stereocenters. The molecule has 1 unspecified atom stereocenters. The van der Waals surface area contributed by atoms with Crippen LogP contribution in [0.5, 0.6) is 5.75 Å². The molecular weight excluding hydrogens is 308 g/mol. The third-order valence-corrected chi connectivity index (χ3v) is 4.32. The largest absolute Gasteiger partial charge is 0.489 e. The van der Waals surface area contributed by atoms with Gasteiger partial charge in [-0.25, -0.2) is 0 Å². The summed E-state index contributed by atoms with van der Waals surface area (Å²) < 4.78 is 5.87. The van der Waals surface area contributed by atoms with Crippen molar-refractivity contribution < 1.29 is 4.74 Å². The van der Waals surface area contributed by atoms with Crippen LogP contribution in [0.2, 0.25) is 0 Å². The van der Waals surface area contributed by atoms with Gasteiger partial charge in [0, 0.05) is 24.4 Å². The van der Waals surface area contributed by atoms with E-state index in [0.29, 0.717) is 13.2 Å². The minimum absolute atomic E-state index is 0.237. The summed E-state index contributed by atoms with van der Waals surface area (Å²) in [7, 11) is 0. The first-order valence-electron chi connectivity index (χ1n) is 8.63. The quantitative estimate of drug-likeness (QED) is 0.703. The lowest BCUT2D eigenvalue weighted by molar-refractivity contribution is 0.306. The van der Waals surface area contributed by atoms with E-state index in [1.165, 1.54) is 16.7 Å². The average molecular weight is 332 g/mol. The highest BCUT2D eigenvalue weighted by Crippen LogP contribution is 2.21. The Morgan fingerprint density at radius 2 is 1.64 bits per heavy atom. The molecule has 0 saturated carbocycles. The van der Waals surface area contributed by atoms with Crippen molar-refractivity contribution in [2.75, 3.05) is 6.54 Å². The van der Waals surface area contributed by atoms with Gasteiger partial charge in [0.1, 0.15) is 12.4 Å². The van der Waals surface area contributed by atoms with Gasteiger partial charge in [-0.1, -0.05) is 48.0 Å². The van der Waals surface area contributed by atoms with Crippen LogP contribution >= 0.6 is 0 Å². The molecule has 3 aromatic rings. The molecule has 0 aliphatic carbocycles. The van der Waals surface area contributed by atoms with Gasteiger partial charge < -0.3 is 10.5 Å². The molecule has 128 valence electrons. The molecule has 0 amide bonds. The Kier molecular flexibility index (Phi) is 5.81. The standard InChI is InChI=1S/C22H24N2O/c1-17-5-7-19(8-6-17)16-25-21-11-9-18(10-12-21)14-20(15-23)22-4-2-3-13-24-22/h2-13,20H,14-16,23H2,1H3. The number of nitrogens with zero attached hydrogens (tertiary/aromatic N) is 1. The number of hydrogen-bond donors (Lipinski definition) is 1. The van der Waals surface area contributed by atoms with E-state index in [9.17, 15) is 0 Å². The van der Waals surface area contributed by atoms with Crippen LogP contribution in [0.25, 0.3) is 0 Å². The average Bonchev–Trinajstić information content (AvgIpc) is 2.67. The summed E-state index contributed by atoms with van der Waals surface area (Å²) in [4.78, 5) is 4.43. The molecule has 2 aromatic carbocycles. The molecule has 2 N–H and O–H groups in total. The fourth-order valence-electron chi connectivity index (χ4n) is 2.78. The van der Waals surface area contributed by atoms with E-state index in [1.54, 1.807) is 0 Å². The Morgan fingerprint density at radius 1 is 0.920 bits per heavy atom. The maximum atomic E-state index is 5.94. The number of pyridine rings is 1. The first kappa shape index (κ1) is 17.2. The molecule has 3 nitrogen and oxygen atoms in total. The fourth-order valence-corrected chi connectivity index (χ4v) is 2.78. The Labute approximate surface area is 149 Å². The molecule has 3 rings (SSSR count). The SMILES string of the molecule is Cc1ccc(COc2ccc(CC(CN)c3ccccn3)cc2)cc1. The predicted molar refractivity (Wildman–Crippen MR) is 102 cm³/mol. The Bertz CT molecular complexity index is 767. The number of aromatic nitrogens is 1. The Morgan fingerprint density at radius 3 is 2.28 bits per heavy atom. The van der Waals surface area contributed by atoms with E-state index in [2.05, 4.69) is 48.3 Å². The van der Waals surface area contributed by atoms with Crippen LogP contribution in [0.3, 0.4) is 0 Å². The summed E-state index contributed by atoms with van der Waals surface area (Å²) in [6, 6.07) is 22.6. The number of benzene rings is 2. The van der Waals surface area contributed by atoms with Gasteiger partial charge >= 0.3 is 0 Å². The summed E-state index contributed by atoms with van der Waals surface area (Å²) >= 11 is 0. The van der Waals surface area contributed by atoms with Gasteiger partial charge in [-0.15, -0.1) is 0 Å². The van der Waals surface area contributed by atoms with E-state index in [0.717, 1.165) is 17.9 Å². The highest BCUT2D eigenvalue weighted by Gasteiger charge is 2.11. The minimum atomic E-state index is 0.237. The first-order valence-corrected chi connectivity index (χ1v) is 8.63. The minimum Gasteiger partial charge on any atom is -0.489 e. The smallest absolute Gasteiger partial charge is 0.119 e. The van der Waals surface area contributed by atoms with E-state index in [1.807, 2.05) is 36.5 Å². The van der Waals surface area contributed by atoms with Gasteiger partial charge in [-0.05, 0) is 48.7 Å². The lowest BCUT2D eigenvalue weighted by Crippen LogP contribution is -2.16. The van der Waals surface area contributed by atoms with E-state index < -0.39 is 0 Å². The predicted octanol–water partition coefficient (Wildman–Crippen LogP) is 4.25. The van der Waals surface area contributed by atoms with Crippen molar-refractivity contribution in [3.63, 3.8) is 0 Å². The second kappa shape index (κ2) is 8.45. The van der Waals surface area contributed by atoms with Crippen molar-refractivity contribution in [1.29, 1.82) is 0 Å². The molecule has 3 heteroatoms. The summed E-state index contributed by atoms with van der Waals surface area (Å²) in [6.45, 7) is 3.25. The zero-order chi connectivity index (χ0) is 17.5. The van der Waals surface area contributed by atoms with Gasteiger partial charge in [0.15, 0.2) is 0 Å². The molecule has 0 bridgehead atoms. The Balaban J connectivity index is 1.59. The van der Waals surface area contributed by atoms with Crippen LogP contribution in [0.1, 0.15) is 28.3 Å². The molecule has 0 aliphatic rings. The highest BCUT2D eigenvalue weighted by atomic mass is 16.5. The monoisotopic (exact) mass is 332 g/mol. The van der Waals surface area contributed by atoms with Crippen molar-refractivity contribution >= 4 is 0 Å². The number of aryl methyl sites for hydroxylation is 1. The van der Waals surface area contributed by atoms with Crippen molar-refractivity contribution in [3.05, 3.63) is 95.3 Å². The van der Waals surface area contributed by atoms with Crippen molar-refractivity contribution in [2.45, 2.75) is 25.9 Å². The second-order valence-electron chi connectivity index (χ2n) is 6.31. The molecule has 25 heavy (non-hydrogen) atoms. The van der Waals surface area contributed by atoms with Crippen LogP contribution in [-0.2, 0) is 13.0 Å². The van der Waals surface area contributed by atoms with E-state index in [-0.39, 0.29) is 5.92 Å².